The fourth-order valence-corrected chi connectivity index (χ4v) is 4.46. The van der Waals surface area contributed by atoms with Crippen molar-refractivity contribution in [3.05, 3.63) is 64.7 Å². The van der Waals surface area contributed by atoms with Crippen molar-refractivity contribution < 1.29 is 26.6 Å². The molecule has 2 fully saturated rings. The largest absolute Gasteiger partial charge is 0.489 e. The van der Waals surface area contributed by atoms with Crippen molar-refractivity contribution >= 4 is 17.7 Å². The highest BCUT2D eigenvalue weighted by Crippen LogP contribution is 2.34. The third-order valence-corrected chi connectivity index (χ3v) is 6.32. The number of hydrogen-bond acceptors (Lipinski definition) is 6. The molecule has 3 amide bonds. The zero-order valence-electron chi connectivity index (χ0n) is 20.3. The molecule has 1 atom stereocenters. The maximum Gasteiger partial charge on any atom is 0.255 e. The maximum absolute atomic E-state index is 13.1. The van der Waals surface area contributed by atoms with E-state index in [1.54, 1.807) is 0 Å². The molecule has 3 heterocycles. The number of nitrogens with zero attached hydrogens (tertiary/aromatic N) is 2. The van der Waals surface area contributed by atoms with Crippen LogP contribution in [-0.4, -0.2) is 59.9 Å². The molecule has 0 spiro atoms. The third-order valence-electron chi connectivity index (χ3n) is 6.32. The molecule has 1 unspecified atom stereocenters. The lowest BCUT2D eigenvalue weighted by Gasteiger charge is -2.29. The van der Waals surface area contributed by atoms with E-state index >= 15 is 0 Å². The van der Waals surface area contributed by atoms with E-state index in [1.165, 1.54) is 16.5 Å². The third kappa shape index (κ3) is 4.62. The number of nitrogens with one attached hydrogen (secondary N) is 1. The molecule has 2 saturated heterocycles. The molecular formula is C25H27N3O5. The molecule has 2 aromatic carbocycles. The van der Waals surface area contributed by atoms with Gasteiger partial charge in [0, 0.05) is 37.2 Å². The number of carbonyl (C=O) groups excluding carboxylic acids is 3. The molecular weight excluding hydrogens is 422 g/mol. The summed E-state index contributed by atoms with van der Waals surface area (Å²) in [6.45, 7) is 4.57. The Morgan fingerprint density at radius 3 is 2.61 bits per heavy atom. The van der Waals surface area contributed by atoms with Crippen molar-refractivity contribution in [2.45, 2.75) is 38.6 Å². The molecule has 8 nitrogen and oxygen atoms in total. The van der Waals surface area contributed by atoms with Gasteiger partial charge in [-0.05, 0) is 29.7 Å². The molecule has 0 aliphatic carbocycles. The number of imide groups is 1. The highest BCUT2D eigenvalue weighted by molar-refractivity contribution is 6.05. The molecule has 5 rings (SSSR count). The van der Waals surface area contributed by atoms with Crippen molar-refractivity contribution in [1.29, 1.82) is 0 Å². The van der Waals surface area contributed by atoms with Gasteiger partial charge in [-0.25, -0.2) is 0 Å². The van der Waals surface area contributed by atoms with E-state index in [0.717, 1.165) is 38.4 Å². The Balaban J connectivity index is 1.29. The van der Waals surface area contributed by atoms with Gasteiger partial charge in [-0.15, -0.1) is 0 Å². The Morgan fingerprint density at radius 2 is 1.85 bits per heavy atom. The Hall–Kier alpha value is -3.23. The standard InChI is InChI=1S/C25H27N3O5/c29-23-9-8-21(24(30)26-23)28-15-20-19(25(28)31)2-1-3-22(20)33-16-18-6-4-17(5-7-18)14-27-10-12-32-13-11-27/h1-7,21H,8-16H2,(H,26,29,30)/i1D,2D. The van der Waals surface area contributed by atoms with Gasteiger partial charge in [-0.2, -0.15) is 0 Å². The first-order valence-corrected chi connectivity index (χ1v) is 11.2. The van der Waals surface area contributed by atoms with Gasteiger partial charge >= 0.3 is 0 Å². The summed E-state index contributed by atoms with van der Waals surface area (Å²) in [6.07, 6.45) is 0.386. The van der Waals surface area contributed by atoms with Crippen LogP contribution in [0.5, 0.6) is 5.75 Å². The summed E-state index contributed by atoms with van der Waals surface area (Å²) in [6, 6.07) is 8.50. The van der Waals surface area contributed by atoms with Gasteiger partial charge in [0.1, 0.15) is 18.4 Å². The van der Waals surface area contributed by atoms with Gasteiger partial charge in [0.2, 0.25) is 11.8 Å². The highest BCUT2D eigenvalue weighted by Gasteiger charge is 2.40. The predicted molar refractivity (Wildman–Crippen MR) is 119 cm³/mol. The number of amides is 3. The molecule has 0 saturated carbocycles. The lowest BCUT2D eigenvalue weighted by molar-refractivity contribution is -0.136. The first kappa shape index (κ1) is 19.3. The normalized spacial score (nSPS) is 22.0. The number of benzene rings is 2. The van der Waals surface area contributed by atoms with E-state index in [2.05, 4.69) is 22.3 Å². The molecule has 33 heavy (non-hydrogen) atoms. The zero-order valence-corrected chi connectivity index (χ0v) is 18.3. The fraction of sp³-hybridized carbons (Fsp3) is 0.400. The summed E-state index contributed by atoms with van der Waals surface area (Å²) in [7, 11) is 0. The molecule has 8 heteroatoms. The van der Waals surface area contributed by atoms with Crippen LogP contribution in [0.4, 0.5) is 0 Å². The number of morpholine rings is 1. The number of fused-ring (bicyclic) bond motifs is 1. The second-order valence-electron chi connectivity index (χ2n) is 8.53. The van der Waals surface area contributed by atoms with Crippen molar-refractivity contribution in [3.8, 4) is 5.75 Å². The number of piperidine rings is 1. The van der Waals surface area contributed by atoms with Crippen molar-refractivity contribution in [2.24, 2.45) is 0 Å². The summed E-state index contributed by atoms with van der Waals surface area (Å²) in [5.41, 5.74) is 2.74. The molecule has 0 aromatic heterocycles. The summed E-state index contributed by atoms with van der Waals surface area (Å²) in [5.74, 6) is -0.989. The summed E-state index contributed by atoms with van der Waals surface area (Å²) in [4.78, 5) is 40.7. The quantitative estimate of drug-likeness (QED) is 0.675. The second kappa shape index (κ2) is 9.33. The Labute approximate surface area is 195 Å². The Kier molecular flexibility index (Phi) is 5.44. The van der Waals surface area contributed by atoms with E-state index in [-0.39, 0.29) is 49.5 Å². The summed E-state index contributed by atoms with van der Waals surface area (Å²) < 4.78 is 27.8. The van der Waals surface area contributed by atoms with Crippen LogP contribution in [0.3, 0.4) is 0 Å². The smallest absolute Gasteiger partial charge is 0.255 e. The average molecular weight is 452 g/mol. The van der Waals surface area contributed by atoms with Gasteiger partial charge in [0.15, 0.2) is 0 Å². The van der Waals surface area contributed by atoms with Crippen LogP contribution in [0.25, 0.3) is 0 Å². The topological polar surface area (TPSA) is 88.2 Å². The molecule has 3 aliphatic heterocycles. The first-order chi connectivity index (χ1) is 16.9. The lowest BCUT2D eigenvalue weighted by Crippen LogP contribution is -2.52. The van der Waals surface area contributed by atoms with E-state index in [9.17, 15) is 14.4 Å². The van der Waals surface area contributed by atoms with E-state index in [0.29, 0.717) is 11.3 Å². The van der Waals surface area contributed by atoms with Gasteiger partial charge in [-0.1, -0.05) is 30.3 Å². The minimum Gasteiger partial charge on any atom is -0.489 e. The van der Waals surface area contributed by atoms with Crippen LogP contribution >= 0.6 is 0 Å². The summed E-state index contributed by atoms with van der Waals surface area (Å²) in [5, 5.41) is 2.27. The number of carbonyl (C=O) groups is 3. The van der Waals surface area contributed by atoms with Crippen LogP contribution in [-0.2, 0) is 34.0 Å². The lowest BCUT2D eigenvalue weighted by atomic mass is 10.0. The fourth-order valence-electron chi connectivity index (χ4n) is 4.46. The molecule has 0 radical (unpaired) electrons. The van der Waals surface area contributed by atoms with Crippen LogP contribution in [0.15, 0.2) is 42.4 Å². The van der Waals surface area contributed by atoms with Gasteiger partial charge in [-0.3, -0.25) is 24.6 Å². The predicted octanol–water partition coefficient (Wildman–Crippen LogP) is 1.86. The van der Waals surface area contributed by atoms with E-state index < -0.39 is 17.9 Å². The summed E-state index contributed by atoms with van der Waals surface area (Å²) >= 11 is 0. The SMILES string of the molecule is [2H]c1cc(OCc2ccc(CN3CCOCC3)cc2)c2c(c1[2H])C(=O)N(C1CCC(=O)NC1=O)C2. The molecule has 172 valence electrons. The van der Waals surface area contributed by atoms with E-state index in [1.807, 2.05) is 12.1 Å². The molecule has 2 aromatic rings. The van der Waals surface area contributed by atoms with Gasteiger partial charge in [0.25, 0.3) is 5.91 Å². The second-order valence-corrected chi connectivity index (χ2v) is 8.53. The zero-order chi connectivity index (χ0) is 24.5. The van der Waals surface area contributed by atoms with Crippen LogP contribution < -0.4 is 10.1 Å². The number of hydrogen-bond donors (Lipinski definition) is 1. The monoisotopic (exact) mass is 451 g/mol. The molecule has 1 N–H and O–H groups in total. The highest BCUT2D eigenvalue weighted by atomic mass is 16.5. The Morgan fingerprint density at radius 1 is 1.09 bits per heavy atom. The van der Waals surface area contributed by atoms with Gasteiger partial charge < -0.3 is 14.4 Å². The number of rotatable bonds is 6. The molecule has 0 bridgehead atoms. The van der Waals surface area contributed by atoms with E-state index in [4.69, 9.17) is 12.2 Å². The van der Waals surface area contributed by atoms with Gasteiger partial charge in [0.05, 0.1) is 22.5 Å². The minimum absolute atomic E-state index is 0.0954. The maximum atomic E-state index is 13.1. The van der Waals surface area contributed by atoms with Crippen molar-refractivity contribution in [3.63, 3.8) is 0 Å². The van der Waals surface area contributed by atoms with Crippen LogP contribution in [0.2, 0.25) is 0 Å². The minimum atomic E-state index is -0.784. The van der Waals surface area contributed by atoms with Crippen molar-refractivity contribution in [2.75, 3.05) is 26.3 Å². The van der Waals surface area contributed by atoms with Crippen LogP contribution in [0, 0.1) is 0 Å². The Bertz CT molecular complexity index is 1160. The molecule has 3 aliphatic rings. The van der Waals surface area contributed by atoms with Crippen molar-refractivity contribution in [1.82, 2.24) is 15.1 Å². The first-order valence-electron chi connectivity index (χ1n) is 12.2. The number of ether oxygens (including phenoxy) is 2. The van der Waals surface area contributed by atoms with Crippen LogP contribution in [0.1, 0.15) is 42.6 Å². The average Bonchev–Trinajstić information content (AvgIpc) is 3.19.